The Kier molecular flexibility index (Phi) is 8.54. The first-order valence-corrected chi connectivity index (χ1v) is 10.4. The lowest BCUT2D eigenvalue weighted by atomic mass is 9.95. The Hall–Kier alpha value is -1.63. The molecule has 27 heavy (non-hydrogen) atoms. The number of hydrogen-bond donors (Lipinski definition) is 1. The standard InChI is InChI=1S/C20H36N4O3/c1-4-5-10-22(3)20(27)17-6-11-23(12-7-17)15-19(26)21-18-8-13-24(14-9-18)16(2)25/h17-18H,4-15H2,1-3H3,(H,21,26). The summed E-state index contributed by atoms with van der Waals surface area (Å²) in [6.07, 6.45) is 5.46. The molecule has 2 aliphatic heterocycles. The zero-order valence-corrected chi connectivity index (χ0v) is 17.2. The van der Waals surface area contributed by atoms with Crippen LogP contribution in [0.3, 0.4) is 0 Å². The van der Waals surface area contributed by atoms with Crippen molar-refractivity contribution in [3.63, 3.8) is 0 Å². The number of nitrogens with zero attached hydrogens (tertiary/aromatic N) is 3. The molecule has 0 bridgehead atoms. The molecule has 0 aromatic rings. The third kappa shape index (κ3) is 6.79. The van der Waals surface area contributed by atoms with Crippen LogP contribution in [0.5, 0.6) is 0 Å². The van der Waals surface area contributed by atoms with Gasteiger partial charge < -0.3 is 15.1 Å². The van der Waals surface area contributed by atoms with Gasteiger partial charge in [0.05, 0.1) is 6.54 Å². The number of likely N-dealkylation sites (tertiary alicyclic amines) is 2. The predicted octanol–water partition coefficient (Wildman–Crippen LogP) is 1.08. The van der Waals surface area contributed by atoms with Crippen LogP contribution in [0.15, 0.2) is 0 Å². The maximum absolute atomic E-state index is 12.5. The smallest absolute Gasteiger partial charge is 0.234 e. The summed E-state index contributed by atoms with van der Waals surface area (Å²) in [7, 11) is 1.90. The highest BCUT2D eigenvalue weighted by Crippen LogP contribution is 2.19. The van der Waals surface area contributed by atoms with Crippen LogP contribution in [-0.2, 0) is 14.4 Å². The Morgan fingerprint density at radius 3 is 2.22 bits per heavy atom. The molecular formula is C20H36N4O3. The van der Waals surface area contributed by atoms with E-state index in [1.54, 1.807) is 6.92 Å². The zero-order chi connectivity index (χ0) is 19.8. The maximum Gasteiger partial charge on any atom is 0.234 e. The molecule has 7 heteroatoms. The van der Waals surface area contributed by atoms with Crippen molar-refractivity contribution in [1.29, 1.82) is 0 Å². The lowest BCUT2D eigenvalue weighted by Crippen LogP contribution is -2.49. The fourth-order valence-corrected chi connectivity index (χ4v) is 3.97. The first-order valence-electron chi connectivity index (χ1n) is 10.4. The Morgan fingerprint density at radius 1 is 1.04 bits per heavy atom. The lowest BCUT2D eigenvalue weighted by molar-refractivity contribution is -0.136. The maximum atomic E-state index is 12.5. The van der Waals surface area contributed by atoms with Gasteiger partial charge in [0.1, 0.15) is 0 Å². The van der Waals surface area contributed by atoms with E-state index in [0.29, 0.717) is 6.54 Å². The van der Waals surface area contributed by atoms with E-state index >= 15 is 0 Å². The molecule has 7 nitrogen and oxygen atoms in total. The molecule has 0 atom stereocenters. The van der Waals surface area contributed by atoms with E-state index in [0.717, 1.165) is 71.2 Å². The number of carbonyl (C=O) groups is 3. The topological polar surface area (TPSA) is 73.0 Å². The molecule has 0 spiro atoms. The summed E-state index contributed by atoms with van der Waals surface area (Å²) in [5.41, 5.74) is 0. The summed E-state index contributed by atoms with van der Waals surface area (Å²) in [6, 6.07) is 0.166. The second-order valence-electron chi connectivity index (χ2n) is 8.01. The third-order valence-corrected chi connectivity index (χ3v) is 5.83. The Balaban J connectivity index is 1.66. The minimum Gasteiger partial charge on any atom is -0.352 e. The number of carbonyl (C=O) groups excluding carboxylic acids is 3. The number of hydrogen-bond acceptors (Lipinski definition) is 4. The highest BCUT2D eigenvalue weighted by Gasteiger charge is 2.28. The molecule has 154 valence electrons. The van der Waals surface area contributed by atoms with Crippen molar-refractivity contribution in [2.75, 3.05) is 46.3 Å². The van der Waals surface area contributed by atoms with Crippen molar-refractivity contribution < 1.29 is 14.4 Å². The van der Waals surface area contributed by atoms with E-state index in [-0.39, 0.29) is 29.7 Å². The second kappa shape index (κ2) is 10.6. The van der Waals surface area contributed by atoms with Gasteiger partial charge in [-0.05, 0) is 45.2 Å². The fourth-order valence-electron chi connectivity index (χ4n) is 3.97. The van der Waals surface area contributed by atoms with Gasteiger partial charge >= 0.3 is 0 Å². The molecule has 2 saturated heterocycles. The SMILES string of the molecule is CCCCN(C)C(=O)C1CCN(CC(=O)NC2CCN(C(C)=O)CC2)CC1. The van der Waals surface area contributed by atoms with E-state index < -0.39 is 0 Å². The highest BCUT2D eigenvalue weighted by molar-refractivity contribution is 5.79. The molecule has 1 N–H and O–H groups in total. The zero-order valence-electron chi connectivity index (χ0n) is 17.2. The lowest BCUT2D eigenvalue weighted by Gasteiger charge is -2.34. The van der Waals surface area contributed by atoms with E-state index in [9.17, 15) is 14.4 Å². The Labute approximate surface area is 163 Å². The van der Waals surface area contributed by atoms with Gasteiger partial charge in [-0.2, -0.15) is 0 Å². The van der Waals surface area contributed by atoms with Gasteiger partial charge in [-0.3, -0.25) is 19.3 Å². The van der Waals surface area contributed by atoms with Gasteiger partial charge in [-0.25, -0.2) is 0 Å². The van der Waals surface area contributed by atoms with Gasteiger partial charge in [-0.15, -0.1) is 0 Å². The third-order valence-electron chi connectivity index (χ3n) is 5.83. The van der Waals surface area contributed by atoms with Crippen LogP contribution in [0.1, 0.15) is 52.4 Å². The van der Waals surface area contributed by atoms with Crippen LogP contribution >= 0.6 is 0 Å². The van der Waals surface area contributed by atoms with Gasteiger partial charge in [0.25, 0.3) is 0 Å². The predicted molar refractivity (Wildman–Crippen MR) is 105 cm³/mol. The van der Waals surface area contributed by atoms with Crippen LogP contribution in [0.2, 0.25) is 0 Å². The number of rotatable bonds is 7. The van der Waals surface area contributed by atoms with Crippen molar-refractivity contribution in [3.05, 3.63) is 0 Å². The first-order chi connectivity index (χ1) is 12.9. The minimum absolute atomic E-state index is 0.0566. The number of unbranched alkanes of at least 4 members (excludes halogenated alkanes) is 1. The minimum atomic E-state index is 0.0566. The van der Waals surface area contributed by atoms with Gasteiger partial charge in [0, 0.05) is 45.6 Å². The molecule has 2 aliphatic rings. The normalized spacial score (nSPS) is 19.7. The Bertz CT molecular complexity index is 509. The van der Waals surface area contributed by atoms with Crippen LogP contribution in [0.4, 0.5) is 0 Å². The van der Waals surface area contributed by atoms with Crippen molar-refractivity contribution in [2.24, 2.45) is 5.92 Å². The first kappa shape index (κ1) is 21.7. The highest BCUT2D eigenvalue weighted by atomic mass is 16.2. The summed E-state index contributed by atoms with van der Waals surface area (Å²) in [5.74, 6) is 0.519. The summed E-state index contributed by atoms with van der Waals surface area (Å²) < 4.78 is 0. The van der Waals surface area contributed by atoms with Gasteiger partial charge in [-0.1, -0.05) is 13.3 Å². The summed E-state index contributed by atoms with van der Waals surface area (Å²) in [4.78, 5) is 42.0. The van der Waals surface area contributed by atoms with E-state index in [4.69, 9.17) is 0 Å². The summed E-state index contributed by atoms with van der Waals surface area (Å²) in [5, 5.41) is 3.11. The van der Waals surface area contributed by atoms with Crippen LogP contribution in [-0.4, -0.2) is 84.8 Å². The average Bonchev–Trinajstić information content (AvgIpc) is 2.66. The molecule has 2 rings (SSSR count). The summed E-state index contributed by atoms with van der Waals surface area (Å²) >= 11 is 0. The molecule has 2 fully saturated rings. The molecule has 0 unspecified atom stereocenters. The van der Waals surface area contributed by atoms with E-state index in [1.807, 2.05) is 16.8 Å². The molecule has 0 aromatic carbocycles. The van der Waals surface area contributed by atoms with Crippen molar-refractivity contribution in [2.45, 2.75) is 58.4 Å². The average molecular weight is 381 g/mol. The van der Waals surface area contributed by atoms with Crippen LogP contribution in [0, 0.1) is 5.92 Å². The number of amides is 3. The molecule has 0 radical (unpaired) electrons. The molecule has 0 aliphatic carbocycles. The van der Waals surface area contributed by atoms with Crippen molar-refractivity contribution in [1.82, 2.24) is 20.0 Å². The van der Waals surface area contributed by atoms with Gasteiger partial charge in [0.2, 0.25) is 17.7 Å². The molecule has 0 saturated carbocycles. The molecule has 3 amide bonds. The van der Waals surface area contributed by atoms with Crippen molar-refractivity contribution in [3.8, 4) is 0 Å². The number of nitrogens with one attached hydrogen (secondary N) is 1. The molecule has 0 aromatic heterocycles. The largest absolute Gasteiger partial charge is 0.352 e. The summed E-state index contributed by atoms with van der Waals surface area (Å²) in [6.45, 7) is 8.00. The van der Waals surface area contributed by atoms with E-state index in [2.05, 4.69) is 17.1 Å². The van der Waals surface area contributed by atoms with E-state index in [1.165, 1.54) is 0 Å². The monoisotopic (exact) mass is 380 g/mol. The Morgan fingerprint density at radius 2 is 1.67 bits per heavy atom. The van der Waals surface area contributed by atoms with Gasteiger partial charge in [0.15, 0.2) is 0 Å². The fraction of sp³-hybridized carbons (Fsp3) is 0.850. The molecule has 2 heterocycles. The quantitative estimate of drug-likeness (QED) is 0.717. The molecular weight excluding hydrogens is 344 g/mol. The van der Waals surface area contributed by atoms with Crippen LogP contribution < -0.4 is 5.32 Å². The number of piperidine rings is 2. The van der Waals surface area contributed by atoms with Crippen molar-refractivity contribution >= 4 is 17.7 Å². The van der Waals surface area contributed by atoms with Crippen LogP contribution in [0.25, 0.3) is 0 Å². The second-order valence-corrected chi connectivity index (χ2v) is 8.01.